The number of nitro benzene ring substituents is 1. The molecular formula is C11H15ClFN3O3. The summed E-state index contributed by atoms with van der Waals surface area (Å²) in [5, 5.41) is 16.0. The van der Waals surface area contributed by atoms with Gasteiger partial charge in [0.15, 0.2) is 0 Å². The highest BCUT2D eigenvalue weighted by Gasteiger charge is 2.14. The van der Waals surface area contributed by atoms with E-state index in [1.54, 1.807) is 7.05 Å². The number of hydrogen-bond acceptors (Lipinski definition) is 4. The van der Waals surface area contributed by atoms with Gasteiger partial charge in [-0.15, -0.1) is 12.4 Å². The first-order chi connectivity index (χ1) is 8.43. The number of carbonyl (C=O) groups is 1. The van der Waals surface area contributed by atoms with Crippen LogP contribution in [-0.2, 0) is 0 Å². The van der Waals surface area contributed by atoms with E-state index in [0.717, 1.165) is 18.2 Å². The quantitative estimate of drug-likeness (QED) is 0.636. The van der Waals surface area contributed by atoms with E-state index in [-0.39, 0.29) is 24.0 Å². The van der Waals surface area contributed by atoms with Crippen LogP contribution in [0.1, 0.15) is 17.3 Å². The van der Waals surface area contributed by atoms with Crippen molar-refractivity contribution in [2.24, 2.45) is 0 Å². The normalized spacial score (nSPS) is 11.3. The molecule has 1 amide bonds. The number of amides is 1. The lowest BCUT2D eigenvalue weighted by Crippen LogP contribution is -2.37. The van der Waals surface area contributed by atoms with Crippen LogP contribution in [0.3, 0.4) is 0 Å². The second-order valence-electron chi connectivity index (χ2n) is 3.85. The average molecular weight is 292 g/mol. The number of nitrogens with zero attached hydrogens (tertiary/aromatic N) is 1. The number of nitrogens with one attached hydrogen (secondary N) is 2. The van der Waals surface area contributed by atoms with E-state index in [0.29, 0.717) is 6.54 Å². The molecule has 8 heteroatoms. The lowest BCUT2D eigenvalue weighted by molar-refractivity contribution is -0.385. The van der Waals surface area contributed by atoms with E-state index in [1.807, 2.05) is 6.92 Å². The van der Waals surface area contributed by atoms with E-state index in [1.165, 1.54) is 0 Å². The standard InChI is InChI=1S/C11H14FN3O3.ClH/c1-7(13-2)6-14-11(16)8-3-9(12)5-10(4-8)15(17)18;/h3-5,7,13H,6H2,1-2H3,(H,14,16);1H. The molecule has 0 spiro atoms. The number of nitro groups is 1. The molecule has 0 radical (unpaired) electrons. The zero-order chi connectivity index (χ0) is 13.7. The number of carbonyl (C=O) groups excluding carboxylic acids is 1. The van der Waals surface area contributed by atoms with Crippen LogP contribution in [0.4, 0.5) is 10.1 Å². The van der Waals surface area contributed by atoms with Crippen molar-refractivity contribution in [1.82, 2.24) is 10.6 Å². The number of hydrogen-bond donors (Lipinski definition) is 2. The van der Waals surface area contributed by atoms with Gasteiger partial charge in [0.2, 0.25) is 0 Å². The van der Waals surface area contributed by atoms with Crippen LogP contribution in [0.25, 0.3) is 0 Å². The van der Waals surface area contributed by atoms with Gasteiger partial charge in [0.1, 0.15) is 5.82 Å². The predicted octanol–water partition coefficient (Wildman–Crippen LogP) is 1.49. The molecule has 0 heterocycles. The van der Waals surface area contributed by atoms with Crippen LogP contribution in [-0.4, -0.2) is 30.5 Å². The maximum Gasteiger partial charge on any atom is 0.273 e. The Labute approximate surface area is 115 Å². The highest BCUT2D eigenvalue weighted by atomic mass is 35.5. The first kappa shape index (κ1) is 17.3. The maximum atomic E-state index is 13.1. The minimum absolute atomic E-state index is 0. The summed E-state index contributed by atoms with van der Waals surface area (Å²) >= 11 is 0. The lowest BCUT2D eigenvalue weighted by atomic mass is 10.2. The van der Waals surface area contributed by atoms with Gasteiger partial charge in [-0.2, -0.15) is 0 Å². The molecule has 2 N–H and O–H groups in total. The number of halogens is 2. The molecule has 1 rings (SSSR count). The fourth-order valence-electron chi connectivity index (χ4n) is 1.26. The van der Waals surface area contributed by atoms with E-state index in [9.17, 15) is 19.3 Å². The smallest absolute Gasteiger partial charge is 0.273 e. The molecule has 0 saturated heterocycles. The van der Waals surface area contributed by atoms with Crippen LogP contribution in [0.2, 0.25) is 0 Å². The summed E-state index contributed by atoms with van der Waals surface area (Å²) in [4.78, 5) is 21.5. The third-order valence-corrected chi connectivity index (χ3v) is 2.42. The van der Waals surface area contributed by atoms with Crippen molar-refractivity contribution < 1.29 is 14.1 Å². The Kier molecular flexibility index (Phi) is 6.95. The van der Waals surface area contributed by atoms with Crippen molar-refractivity contribution in [1.29, 1.82) is 0 Å². The van der Waals surface area contributed by atoms with Crippen LogP contribution < -0.4 is 10.6 Å². The molecule has 0 aliphatic rings. The number of rotatable bonds is 5. The van der Waals surface area contributed by atoms with Crippen LogP contribution in [0.15, 0.2) is 18.2 Å². The van der Waals surface area contributed by atoms with Crippen molar-refractivity contribution in [3.05, 3.63) is 39.7 Å². The summed E-state index contributed by atoms with van der Waals surface area (Å²) in [7, 11) is 1.74. The molecule has 1 unspecified atom stereocenters. The molecule has 19 heavy (non-hydrogen) atoms. The molecule has 6 nitrogen and oxygen atoms in total. The molecule has 0 fully saturated rings. The van der Waals surface area contributed by atoms with Gasteiger partial charge in [0.25, 0.3) is 11.6 Å². The fourth-order valence-corrected chi connectivity index (χ4v) is 1.26. The minimum Gasteiger partial charge on any atom is -0.350 e. The van der Waals surface area contributed by atoms with Crippen LogP contribution in [0, 0.1) is 15.9 Å². The second-order valence-corrected chi connectivity index (χ2v) is 3.85. The van der Waals surface area contributed by atoms with E-state index in [4.69, 9.17) is 0 Å². The highest BCUT2D eigenvalue weighted by Crippen LogP contribution is 2.16. The molecule has 1 aromatic carbocycles. The van der Waals surface area contributed by atoms with Crippen molar-refractivity contribution in [2.75, 3.05) is 13.6 Å². The number of likely N-dealkylation sites (N-methyl/N-ethyl adjacent to an activating group) is 1. The minimum atomic E-state index is -0.809. The SMILES string of the molecule is CNC(C)CNC(=O)c1cc(F)cc([N+](=O)[O-])c1.Cl. The molecule has 1 aromatic rings. The summed E-state index contributed by atoms with van der Waals surface area (Å²) in [6.45, 7) is 2.20. The molecule has 0 aliphatic heterocycles. The lowest BCUT2D eigenvalue weighted by Gasteiger charge is -2.11. The Bertz CT molecular complexity index is 470. The Morgan fingerprint density at radius 1 is 1.47 bits per heavy atom. The fraction of sp³-hybridized carbons (Fsp3) is 0.364. The Morgan fingerprint density at radius 3 is 2.63 bits per heavy atom. The van der Waals surface area contributed by atoms with E-state index < -0.39 is 22.3 Å². The molecule has 0 aromatic heterocycles. The molecule has 0 bridgehead atoms. The van der Waals surface area contributed by atoms with Crippen molar-refractivity contribution in [3.8, 4) is 0 Å². The third-order valence-electron chi connectivity index (χ3n) is 2.42. The monoisotopic (exact) mass is 291 g/mol. The zero-order valence-corrected chi connectivity index (χ0v) is 11.3. The molecule has 0 saturated carbocycles. The van der Waals surface area contributed by atoms with Gasteiger partial charge in [-0.25, -0.2) is 4.39 Å². The van der Waals surface area contributed by atoms with E-state index >= 15 is 0 Å². The third kappa shape index (κ3) is 5.19. The van der Waals surface area contributed by atoms with Gasteiger partial charge >= 0.3 is 0 Å². The summed E-state index contributed by atoms with van der Waals surface area (Å²) in [5.74, 6) is -1.35. The summed E-state index contributed by atoms with van der Waals surface area (Å²) in [6.07, 6.45) is 0. The Hall–Kier alpha value is -1.73. The first-order valence-corrected chi connectivity index (χ1v) is 5.34. The van der Waals surface area contributed by atoms with Crippen LogP contribution in [0.5, 0.6) is 0 Å². The van der Waals surface area contributed by atoms with Gasteiger partial charge in [-0.3, -0.25) is 14.9 Å². The number of benzene rings is 1. The van der Waals surface area contributed by atoms with Gasteiger partial charge in [-0.05, 0) is 20.0 Å². The molecule has 1 atom stereocenters. The van der Waals surface area contributed by atoms with Gasteiger partial charge in [0, 0.05) is 24.2 Å². The summed E-state index contributed by atoms with van der Waals surface area (Å²) in [5.41, 5.74) is -0.508. The summed E-state index contributed by atoms with van der Waals surface area (Å²) < 4.78 is 13.1. The van der Waals surface area contributed by atoms with Gasteiger partial charge in [-0.1, -0.05) is 0 Å². The molecule has 106 valence electrons. The van der Waals surface area contributed by atoms with Gasteiger partial charge < -0.3 is 10.6 Å². The van der Waals surface area contributed by atoms with Crippen LogP contribution >= 0.6 is 12.4 Å². The molecular weight excluding hydrogens is 277 g/mol. The van der Waals surface area contributed by atoms with Crippen molar-refractivity contribution >= 4 is 24.0 Å². The topological polar surface area (TPSA) is 84.3 Å². The highest BCUT2D eigenvalue weighted by molar-refractivity contribution is 5.94. The average Bonchev–Trinajstić information content (AvgIpc) is 2.34. The predicted molar refractivity (Wildman–Crippen MR) is 71.2 cm³/mol. The first-order valence-electron chi connectivity index (χ1n) is 5.34. The Morgan fingerprint density at radius 2 is 2.11 bits per heavy atom. The van der Waals surface area contributed by atoms with E-state index in [2.05, 4.69) is 10.6 Å². The zero-order valence-electron chi connectivity index (χ0n) is 10.5. The number of non-ortho nitro benzene ring substituents is 1. The summed E-state index contributed by atoms with van der Waals surface area (Å²) in [6, 6.07) is 2.83. The Balaban J connectivity index is 0.00000324. The second kappa shape index (κ2) is 7.65. The van der Waals surface area contributed by atoms with Gasteiger partial charge in [0.05, 0.1) is 11.0 Å². The van der Waals surface area contributed by atoms with Crippen molar-refractivity contribution in [2.45, 2.75) is 13.0 Å². The maximum absolute atomic E-state index is 13.1. The molecule has 0 aliphatic carbocycles. The largest absolute Gasteiger partial charge is 0.350 e. The van der Waals surface area contributed by atoms with Crippen molar-refractivity contribution in [3.63, 3.8) is 0 Å².